The molecule has 0 aliphatic heterocycles. The van der Waals surface area contributed by atoms with Crippen LogP contribution in [0.3, 0.4) is 0 Å². The average molecular weight is 569 g/mol. The number of fused-ring (bicyclic) bond motifs is 1. The molecule has 4 aromatic rings. The van der Waals surface area contributed by atoms with E-state index in [-0.39, 0.29) is 6.61 Å². The highest BCUT2D eigenvalue weighted by Crippen LogP contribution is 2.30. The Balaban J connectivity index is 1.79. The van der Waals surface area contributed by atoms with E-state index in [1.165, 1.54) is 0 Å². The molecule has 0 aliphatic rings. The monoisotopic (exact) mass is 567 g/mol. The van der Waals surface area contributed by atoms with E-state index < -0.39 is 18.0 Å². The number of halogens is 2. The topological polar surface area (TPSA) is 65.5 Å². The third-order valence-corrected chi connectivity index (χ3v) is 5.98. The second-order valence-electron chi connectivity index (χ2n) is 7.17. The lowest BCUT2D eigenvalue weighted by Gasteiger charge is -2.18. The van der Waals surface area contributed by atoms with Gasteiger partial charge in [-0.1, -0.05) is 74.3 Å². The lowest BCUT2D eigenvalue weighted by molar-refractivity contribution is -0.153. The predicted molar refractivity (Wildman–Crippen MR) is 134 cm³/mol. The highest BCUT2D eigenvalue weighted by atomic mass is 79.9. The fourth-order valence-electron chi connectivity index (χ4n) is 3.40. The number of hydrogen-bond acceptors (Lipinski definition) is 5. The van der Waals surface area contributed by atoms with Crippen LogP contribution in [0.25, 0.3) is 22.2 Å². The van der Waals surface area contributed by atoms with Crippen molar-refractivity contribution in [3.8, 4) is 11.3 Å². The highest BCUT2D eigenvalue weighted by molar-refractivity contribution is 9.10. The maximum Gasteiger partial charge on any atom is 0.352 e. The molecule has 0 fully saturated rings. The number of aromatic nitrogens is 1. The molecule has 1 aromatic heterocycles. The van der Waals surface area contributed by atoms with Gasteiger partial charge >= 0.3 is 11.9 Å². The summed E-state index contributed by atoms with van der Waals surface area (Å²) < 4.78 is 12.6. The molecule has 0 radical (unpaired) electrons. The van der Waals surface area contributed by atoms with Crippen LogP contribution in [0.15, 0.2) is 87.8 Å². The third kappa shape index (κ3) is 5.31. The Kier molecular flexibility index (Phi) is 7.20. The number of pyridine rings is 1. The summed E-state index contributed by atoms with van der Waals surface area (Å²) in [6.07, 6.45) is -1.18. The Morgan fingerprint density at radius 1 is 0.909 bits per heavy atom. The summed E-state index contributed by atoms with van der Waals surface area (Å²) in [5, 5.41) is 0.617. The summed E-state index contributed by atoms with van der Waals surface area (Å²) in [7, 11) is 0. The zero-order valence-electron chi connectivity index (χ0n) is 17.6. The number of benzene rings is 3. The van der Waals surface area contributed by atoms with Gasteiger partial charge in [0.2, 0.25) is 6.10 Å². The van der Waals surface area contributed by atoms with Gasteiger partial charge in [-0.05, 0) is 43.3 Å². The molecule has 0 saturated heterocycles. The number of ether oxygens (including phenoxy) is 2. The van der Waals surface area contributed by atoms with Gasteiger partial charge in [-0.3, -0.25) is 0 Å². The molecule has 0 bridgehead atoms. The molecule has 0 spiro atoms. The van der Waals surface area contributed by atoms with Crippen molar-refractivity contribution in [2.24, 2.45) is 0 Å². The number of carbonyl (C=O) groups excluding carboxylic acids is 2. The van der Waals surface area contributed by atoms with Crippen molar-refractivity contribution in [1.82, 2.24) is 4.98 Å². The smallest absolute Gasteiger partial charge is 0.352 e. The van der Waals surface area contributed by atoms with Crippen molar-refractivity contribution in [2.45, 2.75) is 13.0 Å². The molecule has 0 saturated carbocycles. The zero-order chi connectivity index (χ0) is 23.4. The van der Waals surface area contributed by atoms with Gasteiger partial charge in [0, 0.05) is 25.5 Å². The van der Waals surface area contributed by atoms with E-state index >= 15 is 0 Å². The second kappa shape index (κ2) is 10.3. The van der Waals surface area contributed by atoms with Crippen molar-refractivity contribution < 1.29 is 19.1 Å². The molecule has 0 N–H and O–H groups in total. The van der Waals surface area contributed by atoms with Crippen LogP contribution in [0.5, 0.6) is 0 Å². The molecule has 4 rings (SSSR count). The van der Waals surface area contributed by atoms with Gasteiger partial charge in [-0.25, -0.2) is 14.6 Å². The second-order valence-corrected chi connectivity index (χ2v) is 9.00. The molecule has 0 aliphatic carbocycles. The fraction of sp³-hybridized carbons (Fsp3) is 0.115. The highest BCUT2D eigenvalue weighted by Gasteiger charge is 2.28. The van der Waals surface area contributed by atoms with Crippen LogP contribution in [0.4, 0.5) is 0 Å². The normalized spacial score (nSPS) is 11.7. The van der Waals surface area contributed by atoms with Crippen molar-refractivity contribution >= 4 is 54.7 Å². The summed E-state index contributed by atoms with van der Waals surface area (Å²) in [6.45, 7) is 1.89. The van der Waals surface area contributed by atoms with E-state index in [2.05, 4.69) is 31.9 Å². The molecule has 1 heterocycles. The zero-order valence-corrected chi connectivity index (χ0v) is 20.8. The van der Waals surface area contributed by atoms with Gasteiger partial charge in [0.15, 0.2) is 0 Å². The first-order valence-corrected chi connectivity index (χ1v) is 11.8. The van der Waals surface area contributed by atoms with Crippen LogP contribution >= 0.6 is 31.9 Å². The van der Waals surface area contributed by atoms with Crippen LogP contribution in [-0.4, -0.2) is 23.5 Å². The SMILES string of the molecule is CCOC(=O)C(OC(=O)c1cc(-c2ccc(Br)cc2)nc2ccc(Br)cc12)c1ccccc1. The third-order valence-electron chi connectivity index (χ3n) is 4.96. The van der Waals surface area contributed by atoms with E-state index in [0.29, 0.717) is 27.7 Å². The van der Waals surface area contributed by atoms with Gasteiger partial charge in [0.05, 0.1) is 23.4 Å². The molecule has 5 nitrogen and oxygen atoms in total. The van der Waals surface area contributed by atoms with Crippen LogP contribution in [0, 0.1) is 0 Å². The van der Waals surface area contributed by atoms with E-state index in [0.717, 1.165) is 14.5 Å². The lowest BCUT2D eigenvalue weighted by Crippen LogP contribution is -2.22. The molecule has 1 unspecified atom stereocenters. The first-order chi connectivity index (χ1) is 16.0. The van der Waals surface area contributed by atoms with Gasteiger partial charge < -0.3 is 9.47 Å². The largest absolute Gasteiger partial charge is 0.463 e. The standard InChI is InChI=1S/C26H19Br2NO4/c1-2-32-26(31)24(17-6-4-3-5-7-17)33-25(30)21-15-23(16-8-10-18(27)11-9-16)29-22-13-12-19(28)14-20(21)22/h3-15,24H,2H2,1H3. The Labute approximate surface area is 208 Å². The lowest BCUT2D eigenvalue weighted by atomic mass is 10.0. The predicted octanol–water partition coefficient (Wildman–Crippen LogP) is 6.89. The molecular formula is C26H19Br2NO4. The number of rotatable bonds is 6. The summed E-state index contributed by atoms with van der Waals surface area (Å²) >= 11 is 6.89. The van der Waals surface area contributed by atoms with Gasteiger partial charge in [-0.15, -0.1) is 0 Å². The number of hydrogen-bond donors (Lipinski definition) is 0. The van der Waals surface area contributed by atoms with Crippen molar-refractivity contribution in [2.75, 3.05) is 6.61 Å². The van der Waals surface area contributed by atoms with E-state index in [4.69, 9.17) is 14.5 Å². The Morgan fingerprint density at radius 2 is 1.61 bits per heavy atom. The van der Waals surface area contributed by atoms with Crippen LogP contribution in [0.2, 0.25) is 0 Å². The van der Waals surface area contributed by atoms with Crippen molar-refractivity contribution in [1.29, 1.82) is 0 Å². The minimum atomic E-state index is -1.18. The van der Waals surface area contributed by atoms with Crippen LogP contribution in [0.1, 0.15) is 28.9 Å². The minimum absolute atomic E-state index is 0.179. The summed E-state index contributed by atoms with van der Waals surface area (Å²) in [5.74, 6) is -1.26. The quantitative estimate of drug-likeness (QED) is 0.237. The number of esters is 2. The summed E-state index contributed by atoms with van der Waals surface area (Å²) in [5.41, 5.74) is 2.96. The number of carbonyl (C=O) groups is 2. The van der Waals surface area contributed by atoms with E-state index in [9.17, 15) is 9.59 Å². The molecule has 166 valence electrons. The minimum Gasteiger partial charge on any atom is -0.463 e. The average Bonchev–Trinajstić information content (AvgIpc) is 2.83. The first-order valence-electron chi connectivity index (χ1n) is 10.2. The molecular weight excluding hydrogens is 550 g/mol. The maximum atomic E-state index is 13.4. The van der Waals surface area contributed by atoms with E-state index in [1.807, 2.05) is 48.5 Å². The number of nitrogens with zero attached hydrogens (tertiary/aromatic N) is 1. The summed E-state index contributed by atoms with van der Waals surface area (Å²) in [4.78, 5) is 30.8. The van der Waals surface area contributed by atoms with Crippen LogP contribution < -0.4 is 0 Å². The van der Waals surface area contributed by atoms with Crippen LogP contribution in [-0.2, 0) is 14.3 Å². The summed E-state index contributed by atoms with van der Waals surface area (Å²) in [6, 6.07) is 23.7. The fourth-order valence-corrected chi connectivity index (χ4v) is 4.03. The molecule has 7 heteroatoms. The van der Waals surface area contributed by atoms with Gasteiger partial charge in [0.25, 0.3) is 0 Å². The Hall–Kier alpha value is -3.03. The van der Waals surface area contributed by atoms with E-state index in [1.54, 1.807) is 37.3 Å². The maximum absolute atomic E-state index is 13.4. The molecule has 0 amide bonds. The molecule has 3 aromatic carbocycles. The molecule has 33 heavy (non-hydrogen) atoms. The van der Waals surface area contributed by atoms with Gasteiger partial charge in [0.1, 0.15) is 0 Å². The Morgan fingerprint density at radius 3 is 2.30 bits per heavy atom. The Bertz CT molecular complexity index is 1310. The molecule has 1 atom stereocenters. The van der Waals surface area contributed by atoms with Crippen molar-refractivity contribution in [3.05, 3.63) is 98.9 Å². The first kappa shape index (κ1) is 23.1. The van der Waals surface area contributed by atoms with Gasteiger partial charge in [-0.2, -0.15) is 0 Å². The van der Waals surface area contributed by atoms with Crippen molar-refractivity contribution in [3.63, 3.8) is 0 Å².